The molecule has 0 bridgehead atoms. The topological polar surface area (TPSA) is 99.1 Å². The van der Waals surface area contributed by atoms with Gasteiger partial charge in [0.25, 0.3) is 11.8 Å². The molecule has 0 spiro atoms. The standard InChI is InChI=1S/C31H35N3O7/c1-37-16-15-33(31(36)21-9-11-23(38-2)12-10-21)20-30(35)34-28(26-18-25(40-4)13-14-29(26)41-5)19-27(32-34)22-7-6-8-24(17-22)39-3/h6-14,17-18,28H,15-16,19-20H2,1-5H3. The summed E-state index contributed by atoms with van der Waals surface area (Å²) in [6, 6.07) is 19.2. The molecule has 1 atom stereocenters. The fraction of sp³-hybridized carbons (Fsp3) is 0.323. The molecule has 1 aliphatic rings. The lowest BCUT2D eigenvalue weighted by Gasteiger charge is -2.28. The molecule has 3 aromatic carbocycles. The normalized spacial score (nSPS) is 14.3. The van der Waals surface area contributed by atoms with E-state index >= 15 is 0 Å². The number of hydrogen-bond donors (Lipinski definition) is 0. The lowest BCUT2D eigenvalue weighted by Crippen LogP contribution is -2.42. The van der Waals surface area contributed by atoms with Crippen molar-refractivity contribution in [1.29, 1.82) is 0 Å². The SMILES string of the molecule is COCCN(CC(=O)N1N=C(c2cccc(OC)c2)CC1c1cc(OC)ccc1OC)C(=O)c1ccc(OC)cc1. The number of rotatable bonds is 12. The van der Waals surface area contributed by atoms with E-state index < -0.39 is 6.04 Å². The Kier molecular flexibility index (Phi) is 9.81. The Morgan fingerprint density at radius 2 is 1.54 bits per heavy atom. The average Bonchev–Trinajstić information content (AvgIpc) is 3.48. The van der Waals surface area contributed by atoms with Crippen molar-refractivity contribution < 1.29 is 33.3 Å². The van der Waals surface area contributed by atoms with E-state index in [0.717, 1.165) is 11.1 Å². The third-order valence-corrected chi connectivity index (χ3v) is 6.88. The molecule has 0 N–H and O–H groups in total. The average molecular weight is 562 g/mol. The molecule has 41 heavy (non-hydrogen) atoms. The highest BCUT2D eigenvalue weighted by atomic mass is 16.5. The number of amides is 2. The summed E-state index contributed by atoms with van der Waals surface area (Å²) in [5, 5.41) is 6.21. The highest BCUT2D eigenvalue weighted by molar-refractivity contribution is 6.04. The van der Waals surface area contributed by atoms with Gasteiger partial charge in [-0.1, -0.05) is 12.1 Å². The second-order valence-corrected chi connectivity index (χ2v) is 9.29. The first-order valence-electron chi connectivity index (χ1n) is 13.1. The van der Waals surface area contributed by atoms with Crippen LogP contribution >= 0.6 is 0 Å². The molecule has 0 saturated carbocycles. The zero-order chi connectivity index (χ0) is 29.4. The summed E-state index contributed by atoms with van der Waals surface area (Å²) in [5.41, 5.74) is 2.71. The summed E-state index contributed by atoms with van der Waals surface area (Å²) in [6.45, 7) is 0.285. The van der Waals surface area contributed by atoms with E-state index in [0.29, 0.717) is 40.7 Å². The van der Waals surface area contributed by atoms with Crippen LogP contribution in [0.25, 0.3) is 0 Å². The van der Waals surface area contributed by atoms with Gasteiger partial charge in [0.15, 0.2) is 0 Å². The number of ether oxygens (including phenoxy) is 5. The minimum Gasteiger partial charge on any atom is -0.497 e. The fourth-order valence-corrected chi connectivity index (χ4v) is 4.67. The molecule has 1 heterocycles. The van der Waals surface area contributed by atoms with E-state index in [1.807, 2.05) is 30.3 Å². The Morgan fingerprint density at radius 3 is 2.20 bits per heavy atom. The molecule has 3 aromatic rings. The quantitative estimate of drug-likeness (QED) is 0.327. The minimum atomic E-state index is -0.492. The molecule has 0 fully saturated rings. The van der Waals surface area contributed by atoms with E-state index in [1.54, 1.807) is 71.9 Å². The molecule has 216 valence electrons. The number of carbonyl (C=O) groups is 2. The van der Waals surface area contributed by atoms with Crippen molar-refractivity contribution in [3.63, 3.8) is 0 Å². The Balaban J connectivity index is 1.69. The number of nitrogens with zero attached hydrogens (tertiary/aromatic N) is 3. The van der Waals surface area contributed by atoms with E-state index in [-0.39, 0.29) is 31.5 Å². The third-order valence-electron chi connectivity index (χ3n) is 6.88. The predicted molar refractivity (Wildman–Crippen MR) is 154 cm³/mol. The first-order chi connectivity index (χ1) is 19.9. The van der Waals surface area contributed by atoms with Gasteiger partial charge in [-0.25, -0.2) is 5.01 Å². The molecule has 1 unspecified atom stereocenters. The molecule has 0 aromatic heterocycles. The van der Waals surface area contributed by atoms with Crippen LogP contribution in [0.1, 0.15) is 33.9 Å². The largest absolute Gasteiger partial charge is 0.497 e. The molecule has 0 aliphatic carbocycles. The summed E-state index contributed by atoms with van der Waals surface area (Å²) in [6.07, 6.45) is 0.424. The van der Waals surface area contributed by atoms with Gasteiger partial charge in [-0.3, -0.25) is 9.59 Å². The van der Waals surface area contributed by atoms with Crippen LogP contribution in [0.2, 0.25) is 0 Å². The number of methoxy groups -OCH3 is 5. The molecule has 10 nitrogen and oxygen atoms in total. The molecule has 10 heteroatoms. The van der Waals surface area contributed by atoms with E-state index in [9.17, 15) is 9.59 Å². The van der Waals surface area contributed by atoms with Crippen LogP contribution in [0.5, 0.6) is 23.0 Å². The summed E-state index contributed by atoms with van der Waals surface area (Å²) in [7, 11) is 7.87. The second-order valence-electron chi connectivity index (χ2n) is 9.29. The summed E-state index contributed by atoms with van der Waals surface area (Å²) >= 11 is 0. The van der Waals surface area contributed by atoms with Crippen molar-refractivity contribution in [1.82, 2.24) is 9.91 Å². The Morgan fingerprint density at radius 1 is 0.854 bits per heavy atom. The lowest BCUT2D eigenvalue weighted by atomic mass is 9.97. The molecule has 0 radical (unpaired) electrons. The number of carbonyl (C=O) groups excluding carboxylic acids is 2. The minimum absolute atomic E-state index is 0.202. The summed E-state index contributed by atoms with van der Waals surface area (Å²) < 4.78 is 27.0. The molecular weight excluding hydrogens is 526 g/mol. The number of hydrazone groups is 1. The van der Waals surface area contributed by atoms with Gasteiger partial charge in [0.1, 0.15) is 29.5 Å². The third kappa shape index (κ3) is 6.78. The van der Waals surface area contributed by atoms with Gasteiger partial charge in [0.2, 0.25) is 0 Å². The summed E-state index contributed by atoms with van der Waals surface area (Å²) in [5.74, 6) is 1.88. The Hall–Kier alpha value is -4.57. The Bertz CT molecular complexity index is 1390. The molecular formula is C31H35N3O7. The molecule has 2 amide bonds. The van der Waals surface area contributed by atoms with Crippen molar-refractivity contribution in [3.8, 4) is 23.0 Å². The molecule has 1 aliphatic heterocycles. The highest BCUT2D eigenvalue weighted by Crippen LogP contribution is 2.39. The van der Waals surface area contributed by atoms with Crippen LogP contribution in [0.4, 0.5) is 0 Å². The van der Waals surface area contributed by atoms with Gasteiger partial charge in [-0.2, -0.15) is 5.10 Å². The first kappa shape index (κ1) is 29.4. The van der Waals surface area contributed by atoms with Crippen LogP contribution in [-0.4, -0.2) is 82.7 Å². The van der Waals surface area contributed by atoms with Crippen molar-refractivity contribution in [2.24, 2.45) is 5.10 Å². The van der Waals surface area contributed by atoms with E-state index in [1.165, 1.54) is 9.91 Å². The van der Waals surface area contributed by atoms with Crippen molar-refractivity contribution >= 4 is 17.5 Å². The smallest absolute Gasteiger partial charge is 0.262 e. The maximum atomic E-state index is 14.0. The Labute approximate surface area is 240 Å². The molecule has 4 rings (SSSR count). The first-order valence-corrected chi connectivity index (χ1v) is 13.1. The van der Waals surface area contributed by atoms with Crippen LogP contribution < -0.4 is 18.9 Å². The van der Waals surface area contributed by atoms with Crippen LogP contribution in [-0.2, 0) is 9.53 Å². The second kappa shape index (κ2) is 13.7. The maximum Gasteiger partial charge on any atom is 0.262 e. The zero-order valence-corrected chi connectivity index (χ0v) is 24.0. The monoisotopic (exact) mass is 561 g/mol. The van der Waals surface area contributed by atoms with Gasteiger partial charge >= 0.3 is 0 Å². The van der Waals surface area contributed by atoms with Crippen LogP contribution in [0.15, 0.2) is 71.8 Å². The van der Waals surface area contributed by atoms with Crippen molar-refractivity contribution in [3.05, 3.63) is 83.4 Å². The van der Waals surface area contributed by atoms with Gasteiger partial charge in [0, 0.05) is 36.8 Å². The van der Waals surface area contributed by atoms with E-state index in [4.69, 9.17) is 28.8 Å². The van der Waals surface area contributed by atoms with Crippen molar-refractivity contribution in [2.45, 2.75) is 12.5 Å². The zero-order valence-electron chi connectivity index (χ0n) is 24.0. The lowest BCUT2D eigenvalue weighted by molar-refractivity contribution is -0.133. The molecule has 0 saturated heterocycles. The van der Waals surface area contributed by atoms with Gasteiger partial charge in [0.05, 0.1) is 46.8 Å². The predicted octanol–water partition coefficient (Wildman–Crippen LogP) is 4.19. The van der Waals surface area contributed by atoms with Gasteiger partial charge < -0.3 is 28.6 Å². The fourth-order valence-electron chi connectivity index (χ4n) is 4.67. The maximum absolute atomic E-state index is 14.0. The van der Waals surface area contributed by atoms with Gasteiger partial charge in [-0.15, -0.1) is 0 Å². The van der Waals surface area contributed by atoms with Crippen LogP contribution in [0.3, 0.4) is 0 Å². The van der Waals surface area contributed by atoms with Crippen molar-refractivity contribution in [2.75, 3.05) is 55.2 Å². The van der Waals surface area contributed by atoms with E-state index in [2.05, 4.69) is 0 Å². The highest BCUT2D eigenvalue weighted by Gasteiger charge is 2.36. The number of benzene rings is 3. The van der Waals surface area contributed by atoms with Crippen LogP contribution in [0, 0.1) is 0 Å². The summed E-state index contributed by atoms with van der Waals surface area (Å²) in [4.78, 5) is 28.9. The number of hydrogen-bond acceptors (Lipinski definition) is 8. The van der Waals surface area contributed by atoms with Gasteiger partial charge in [-0.05, 0) is 54.6 Å².